The van der Waals surface area contributed by atoms with Crippen LogP contribution in [0.15, 0.2) is 18.3 Å². The Hall–Kier alpha value is -1.38. The molecule has 1 N–H and O–H groups in total. The molecule has 3 nitrogen and oxygen atoms in total. The molecule has 1 aromatic rings. The van der Waals surface area contributed by atoms with Crippen LogP contribution in [0, 0.1) is 5.92 Å². The van der Waals surface area contributed by atoms with Gasteiger partial charge < -0.3 is 5.11 Å². The third kappa shape index (κ3) is 1.76. The third-order valence-corrected chi connectivity index (χ3v) is 2.77. The summed E-state index contributed by atoms with van der Waals surface area (Å²) in [4.78, 5) is 15.2. The topological polar surface area (TPSA) is 50.2 Å². The van der Waals surface area contributed by atoms with E-state index in [1.807, 2.05) is 12.1 Å². The van der Waals surface area contributed by atoms with Gasteiger partial charge in [0.1, 0.15) is 0 Å². The Bertz CT molecular complexity index is 349. The highest BCUT2D eigenvalue weighted by molar-refractivity contribution is 5.70. The van der Waals surface area contributed by atoms with E-state index >= 15 is 0 Å². The average Bonchev–Trinajstić information content (AvgIpc) is 2.39. The fourth-order valence-electron chi connectivity index (χ4n) is 1.98. The highest BCUT2D eigenvalue weighted by Crippen LogP contribution is 2.22. The molecule has 0 radical (unpaired) electrons. The summed E-state index contributed by atoms with van der Waals surface area (Å²) in [5, 5.41) is 8.97. The van der Waals surface area contributed by atoms with Crippen molar-refractivity contribution in [3.63, 3.8) is 0 Å². The first kappa shape index (κ1) is 9.19. The lowest BCUT2D eigenvalue weighted by atomic mass is 9.98. The van der Waals surface area contributed by atoms with Crippen LogP contribution in [0.3, 0.4) is 0 Å². The Morgan fingerprint density at radius 2 is 2.43 bits per heavy atom. The normalized spacial score (nSPS) is 21.0. The van der Waals surface area contributed by atoms with Crippen LogP contribution in [0.5, 0.6) is 0 Å². The third-order valence-electron chi connectivity index (χ3n) is 2.77. The zero-order chi connectivity index (χ0) is 9.97. The smallest absolute Gasteiger partial charge is 0.306 e. The van der Waals surface area contributed by atoms with E-state index in [4.69, 9.17) is 5.11 Å². The second-order valence-corrected chi connectivity index (χ2v) is 3.74. The lowest BCUT2D eigenvalue weighted by molar-refractivity contribution is -0.141. The van der Waals surface area contributed by atoms with Crippen molar-refractivity contribution in [2.24, 2.45) is 5.92 Å². The number of carbonyl (C=O) groups is 1. The van der Waals surface area contributed by atoms with Crippen molar-refractivity contribution in [3.05, 3.63) is 29.6 Å². The molecule has 14 heavy (non-hydrogen) atoms. The van der Waals surface area contributed by atoms with Gasteiger partial charge in [-0.05, 0) is 37.3 Å². The molecule has 0 aliphatic heterocycles. The lowest BCUT2D eigenvalue weighted by Gasteiger charge is -2.08. The number of hydrogen-bond acceptors (Lipinski definition) is 2. The number of pyridine rings is 1. The predicted molar refractivity (Wildman–Crippen MR) is 52.0 cm³/mol. The number of nitrogens with zero attached hydrogens (tertiary/aromatic N) is 1. The van der Waals surface area contributed by atoms with Crippen LogP contribution in [0.25, 0.3) is 0 Å². The molecule has 1 heterocycles. The van der Waals surface area contributed by atoms with Crippen molar-refractivity contribution in [3.8, 4) is 0 Å². The number of aryl methyl sites for hydroxylation is 1. The van der Waals surface area contributed by atoms with Gasteiger partial charge in [0.25, 0.3) is 0 Å². The van der Waals surface area contributed by atoms with Gasteiger partial charge in [0, 0.05) is 11.9 Å². The van der Waals surface area contributed by atoms with Crippen molar-refractivity contribution >= 4 is 5.97 Å². The van der Waals surface area contributed by atoms with Crippen molar-refractivity contribution < 1.29 is 9.90 Å². The molecule has 0 aromatic carbocycles. The average molecular weight is 191 g/mol. The summed E-state index contributed by atoms with van der Waals surface area (Å²) < 4.78 is 0. The first-order valence-electron chi connectivity index (χ1n) is 4.93. The second-order valence-electron chi connectivity index (χ2n) is 3.74. The highest BCUT2D eigenvalue weighted by Gasteiger charge is 2.22. The molecule has 1 atom stereocenters. The summed E-state index contributed by atoms with van der Waals surface area (Å²) >= 11 is 0. The molecule has 0 saturated carbocycles. The maximum atomic E-state index is 10.9. The molecule has 0 spiro atoms. The van der Waals surface area contributed by atoms with E-state index in [9.17, 15) is 4.79 Å². The van der Waals surface area contributed by atoms with E-state index in [0.717, 1.165) is 30.5 Å². The number of rotatable bonds is 1. The van der Waals surface area contributed by atoms with E-state index in [1.165, 1.54) is 0 Å². The van der Waals surface area contributed by atoms with Crippen LogP contribution in [0.2, 0.25) is 0 Å². The van der Waals surface area contributed by atoms with E-state index in [-0.39, 0.29) is 5.92 Å². The summed E-state index contributed by atoms with van der Waals surface area (Å²) in [6.45, 7) is 0. The van der Waals surface area contributed by atoms with Gasteiger partial charge in [-0.25, -0.2) is 0 Å². The van der Waals surface area contributed by atoms with Gasteiger partial charge >= 0.3 is 5.97 Å². The van der Waals surface area contributed by atoms with Gasteiger partial charge in [0.2, 0.25) is 0 Å². The van der Waals surface area contributed by atoms with E-state index in [1.54, 1.807) is 6.20 Å². The maximum Gasteiger partial charge on any atom is 0.306 e. The molecule has 0 bridgehead atoms. The molecule has 1 aromatic heterocycles. The molecule has 0 amide bonds. The molecule has 0 saturated heterocycles. The van der Waals surface area contributed by atoms with Crippen LogP contribution < -0.4 is 0 Å². The van der Waals surface area contributed by atoms with Gasteiger partial charge in [-0.1, -0.05) is 6.07 Å². The summed E-state index contributed by atoms with van der Waals surface area (Å²) in [6.07, 6.45) is 5.03. The Morgan fingerprint density at radius 1 is 1.57 bits per heavy atom. The van der Waals surface area contributed by atoms with Crippen molar-refractivity contribution in [2.45, 2.75) is 25.7 Å². The van der Waals surface area contributed by atoms with E-state index in [2.05, 4.69) is 4.98 Å². The number of fused-ring (bicyclic) bond motifs is 1. The van der Waals surface area contributed by atoms with Crippen molar-refractivity contribution in [2.75, 3.05) is 0 Å². The second kappa shape index (κ2) is 3.78. The molecular weight excluding hydrogens is 178 g/mol. The number of carboxylic acids is 1. The number of aliphatic carboxylic acids is 1. The molecule has 74 valence electrons. The Morgan fingerprint density at radius 3 is 3.21 bits per heavy atom. The van der Waals surface area contributed by atoms with Gasteiger partial charge in [0.15, 0.2) is 0 Å². The van der Waals surface area contributed by atoms with Crippen molar-refractivity contribution in [1.29, 1.82) is 0 Å². The minimum Gasteiger partial charge on any atom is -0.481 e. The Labute approximate surface area is 82.8 Å². The van der Waals surface area contributed by atoms with Crippen LogP contribution in [-0.4, -0.2) is 16.1 Å². The van der Waals surface area contributed by atoms with E-state index < -0.39 is 5.97 Å². The lowest BCUT2D eigenvalue weighted by Crippen LogP contribution is -2.15. The van der Waals surface area contributed by atoms with Gasteiger partial charge in [-0.3, -0.25) is 9.78 Å². The summed E-state index contributed by atoms with van der Waals surface area (Å²) in [5.41, 5.74) is 2.19. The zero-order valence-corrected chi connectivity index (χ0v) is 7.94. The minimum atomic E-state index is -0.679. The summed E-state index contributed by atoms with van der Waals surface area (Å²) in [6, 6.07) is 3.87. The van der Waals surface area contributed by atoms with Crippen molar-refractivity contribution in [1.82, 2.24) is 4.98 Å². The zero-order valence-electron chi connectivity index (χ0n) is 7.94. The first-order chi connectivity index (χ1) is 6.77. The quantitative estimate of drug-likeness (QED) is 0.687. The van der Waals surface area contributed by atoms with Gasteiger partial charge in [-0.2, -0.15) is 0 Å². The molecule has 3 heteroatoms. The summed E-state index contributed by atoms with van der Waals surface area (Å²) in [5.74, 6) is -0.901. The van der Waals surface area contributed by atoms with Crippen LogP contribution in [-0.2, 0) is 17.6 Å². The van der Waals surface area contributed by atoms with Crippen LogP contribution in [0.1, 0.15) is 24.1 Å². The SMILES string of the molecule is O=C(O)C1CCCc2ncccc2C1. The molecule has 1 aliphatic carbocycles. The van der Waals surface area contributed by atoms with Crippen LogP contribution in [0.4, 0.5) is 0 Å². The van der Waals surface area contributed by atoms with Gasteiger partial charge in [0.05, 0.1) is 5.92 Å². The molecular formula is C11H13NO2. The number of carboxylic acid groups (broad SMARTS) is 1. The first-order valence-corrected chi connectivity index (χ1v) is 4.93. The molecule has 2 rings (SSSR count). The number of hydrogen-bond donors (Lipinski definition) is 1. The number of aromatic nitrogens is 1. The van der Waals surface area contributed by atoms with E-state index in [0.29, 0.717) is 6.42 Å². The monoisotopic (exact) mass is 191 g/mol. The molecule has 1 unspecified atom stereocenters. The standard InChI is InChI=1S/C11H13NO2/c13-11(14)9-3-1-5-10-8(7-9)4-2-6-12-10/h2,4,6,9H,1,3,5,7H2,(H,13,14). The molecule has 1 aliphatic rings. The maximum absolute atomic E-state index is 10.9. The molecule has 0 fully saturated rings. The van der Waals surface area contributed by atoms with Crippen LogP contribution >= 0.6 is 0 Å². The largest absolute Gasteiger partial charge is 0.481 e. The minimum absolute atomic E-state index is 0.222. The summed E-state index contributed by atoms with van der Waals surface area (Å²) in [7, 11) is 0. The Balaban J connectivity index is 2.26. The fourth-order valence-corrected chi connectivity index (χ4v) is 1.98. The fraction of sp³-hybridized carbons (Fsp3) is 0.455. The Kier molecular flexibility index (Phi) is 2.48. The predicted octanol–water partition coefficient (Wildman–Crippen LogP) is 1.66. The highest BCUT2D eigenvalue weighted by atomic mass is 16.4. The van der Waals surface area contributed by atoms with Gasteiger partial charge in [-0.15, -0.1) is 0 Å².